The van der Waals surface area contributed by atoms with E-state index in [1.807, 2.05) is 18.2 Å². The number of para-hydroxylation sites is 1. The molecular formula is C12H19NO2. The molecular weight excluding hydrogens is 190 g/mol. The van der Waals surface area contributed by atoms with Crippen LogP contribution in [0, 0.1) is 0 Å². The Hall–Kier alpha value is -1.06. The van der Waals surface area contributed by atoms with Gasteiger partial charge in [-0.15, -0.1) is 0 Å². The Morgan fingerprint density at radius 1 is 1.40 bits per heavy atom. The first kappa shape index (κ1) is 12.0. The van der Waals surface area contributed by atoms with Crippen molar-refractivity contribution in [1.29, 1.82) is 0 Å². The summed E-state index contributed by atoms with van der Waals surface area (Å²) in [6, 6.07) is 7.32. The zero-order valence-corrected chi connectivity index (χ0v) is 9.15. The molecule has 0 aromatic heterocycles. The van der Waals surface area contributed by atoms with E-state index in [0.29, 0.717) is 18.9 Å². The maximum atomic E-state index is 9.80. The topological polar surface area (TPSA) is 55.5 Å². The van der Waals surface area contributed by atoms with E-state index in [2.05, 4.69) is 6.92 Å². The highest BCUT2D eigenvalue weighted by Gasteiger charge is 2.09. The Morgan fingerprint density at radius 2 is 2.13 bits per heavy atom. The van der Waals surface area contributed by atoms with Gasteiger partial charge in [-0.3, -0.25) is 0 Å². The number of aliphatic hydroxyl groups is 1. The predicted octanol–water partition coefficient (Wildman–Crippen LogP) is 2.12. The number of hydrogen-bond donors (Lipinski definition) is 2. The van der Waals surface area contributed by atoms with Crippen LogP contribution in [0.25, 0.3) is 0 Å². The minimum atomic E-state index is -0.622. The van der Waals surface area contributed by atoms with Gasteiger partial charge in [-0.1, -0.05) is 31.5 Å². The lowest BCUT2D eigenvalue weighted by molar-refractivity contribution is 0.0353. The first-order chi connectivity index (χ1) is 7.25. The Labute approximate surface area is 90.9 Å². The molecule has 15 heavy (non-hydrogen) atoms. The summed E-state index contributed by atoms with van der Waals surface area (Å²) in [4.78, 5) is 0. The highest BCUT2D eigenvalue weighted by atomic mass is 16.5. The number of unbranched alkanes of at least 4 members (excludes halogenated alkanes) is 1. The molecule has 0 saturated heterocycles. The fraction of sp³-hybridized carbons (Fsp3) is 0.500. The molecule has 1 aromatic carbocycles. The van der Waals surface area contributed by atoms with Crippen LogP contribution in [0.3, 0.4) is 0 Å². The van der Waals surface area contributed by atoms with Crippen molar-refractivity contribution in [2.75, 3.05) is 18.9 Å². The van der Waals surface area contributed by atoms with Gasteiger partial charge >= 0.3 is 0 Å². The number of nitrogen functional groups attached to an aromatic ring is 1. The number of rotatable bonds is 6. The molecule has 84 valence electrons. The van der Waals surface area contributed by atoms with Crippen molar-refractivity contribution in [3.8, 4) is 0 Å². The van der Waals surface area contributed by atoms with E-state index in [0.717, 1.165) is 18.4 Å². The van der Waals surface area contributed by atoms with Gasteiger partial charge in [0.2, 0.25) is 0 Å². The lowest BCUT2D eigenvalue weighted by atomic mass is 10.1. The molecule has 0 aliphatic rings. The van der Waals surface area contributed by atoms with Gasteiger partial charge in [0.05, 0.1) is 6.61 Å². The molecule has 3 nitrogen and oxygen atoms in total. The van der Waals surface area contributed by atoms with Crippen molar-refractivity contribution in [1.82, 2.24) is 0 Å². The normalized spacial score (nSPS) is 12.7. The van der Waals surface area contributed by atoms with Crippen LogP contribution in [0.5, 0.6) is 0 Å². The predicted molar refractivity (Wildman–Crippen MR) is 61.5 cm³/mol. The van der Waals surface area contributed by atoms with Crippen LogP contribution in [0.15, 0.2) is 24.3 Å². The smallest absolute Gasteiger partial charge is 0.104 e. The largest absolute Gasteiger partial charge is 0.398 e. The number of nitrogens with two attached hydrogens (primary N) is 1. The van der Waals surface area contributed by atoms with E-state index in [-0.39, 0.29) is 0 Å². The summed E-state index contributed by atoms with van der Waals surface area (Å²) in [5.41, 5.74) is 7.10. The van der Waals surface area contributed by atoms with Crippen LogP contribution < -0.4 is 5.73 Å². The fourth-order valence-electron chi connectivity index (χ4n) is 1.35. The number of anilines is 1. The summed E-state index contributed by atoms with van der Waals surface area (Å²) in [7, 11) is 0. The number of aliphatic hydroxyl groups excluding tert-OH is 1. The molecule has 1 aromatic rings. The van der Waals surface area contributed by atoms with Gasteiger partial charge in [-0.2, -0.15) is 0 Å². The van der Waals surface area contributed by atoms with Gasteiger partial charge in [0.1, 0.15) is 6.10 Å². The molecule has 1 rings (SSSR count). The summed E-state index contributed by atoms with van der Waals surface area (Å²) < 4.78 is 5.34. The van der Waals surface area contributed by atoms with E-state index in [9.17, 15) is 5.11 Å². The Kier molecular flexibility index (Phi) is 5.15. The van der Waals surface area contributed by atoms with Gasteiger partial charge in [0, 0.05) is 17.9 Å². The van der Waals surface area contributed by atoms with Crippen molar-refractivity contribution in [2.24, 2.45) is 0 Å². The zero-order chi connectivity index (χ0) is 11.1. The van der Waals surface area contributed by atoms with Crippen LogP contribution >= 0.6 is 0 Å². The standard InChI is InChI=1S/C12H19NO2/c1-2-3-8-15-9-12(14)10-6-4-5-7-11(10)13/h4-7,12,14H,2-3,8-9,13H2,1H3. The van der Waals surface area contributed by atoms with Crippen LogP contribution in [0.4, 0.5) is 5.69 Å². The summed E-state index contributed by atoms with van der Waals surface area (Å²) >= 11 is 0. The molecule has 0 heterocycles. The van der Waals surface area contributed by atoms with Gasteiger partial charge in [0.15, 0.2) is 0 Å². The molecule has 1 unspecified atom stereocenters. The first-order valence-corrected chi connectivity index (χ1v) is 5.36. The van der Waals surface area contributed by atoms with Crippen LogP contribution in [-0.4, -0.2) is 18.3 Å². The van der Waals surface area contributed by atoms with Crippen molar-refractivity contribution in [3.05, 3.63) is 29.8 Å². The second kappa shape index (κ2) is 6.43. The third-order valence-corrected chi connectivity index (χ3v) is 2.27. The van der Waals surface area contributed by atoms with Crippen molar-refractivity contribution < 1.29 is 9.84 Å². The van der Waals surface area contributed by atoms with E-state index in [1.54, 1.807) is 6.07 Å². The maximum Gasteiger partial charge on any atom is 0.104 e. The highest BCUT2D eigenvalue weighted by Crippen LogP contribution is 2.19. The second-order valence-corrected chi connectivity index (χ2v) is 3.57. The molecule has 0 fully saturated rings. The van der Waals surface area contributed by atoms with E-state index >= 15 is 0 Å². The summed E-state index contributed by atoms with van der Waals surface area (Å²) in [5, 5.41) is 9.80. The number of hydrogen-bond acceptors (Lipinski definition) is 3. The van der Waals surface area contributed by atoms with Gasteiger partial charge in [-0.25, -0.2) is 0 Å². The lowest BCUT2D eigenvalue weighted by Gasteiger charge is -2.13. The van der Waals surface area contributed by atoms with E-state index in [4.69, 9.17) is 10.5 Å². The summed E-state index contributed by atoms with van der Waals surface area (Å²) in [6.07, 6.45) is 1.50. The molecule has 0 bridgehead atoms. The molecule has 0 amide bonds. The molecule has 0 aliphatic heterocycles. The SMILES string of the molecule is CCCCOCC(O)c1ccccc1N. The molecule has 0 spiro atoms. The molecule has 3 N–H and O–H groups in total. The van der Waals surface area contributed by atoms with Crippen LogP contribution in [-0.2, 0) is 4.74 Å². The van der Waals surface area contributed by atoms with Gasteiger partial charge in [-0.05, 0) is 12.5 Å². The molecule has 0 radical (unpaired) electrons. The number of benzene rings is 1. The fourth-order valence-corrected chi connectivity index (χ4v) is 1.35. The average molecular weight is 209 g/mol. The quantitative estimate of drug-likeness (QED) is 0.557. The van der Waals surface area contributed by atoms with Gasteiger partial charge in [0.25, 0.3) is 0 Å². The second-order valence-electron chi connectivity index (χ2n) is 3.57. The third-order valence-electron chi connectivity index (χ3n) is 2.27. The Bertz CT molecular complexity index is 289. The van der Waals surface area contributed by atoms with E-state index < -0.39 is 6.10 Å². The van der Waals surface area contributed by atoms with E-state index in [1.165, 1.54) is 0 Å². The van der Waals surface area contributed by atoms with Crippen LogP contribution in [0.1, 0.15) is 31.4 Å². The van der Waals surface area contributed by atoms with Crippen molar-refractivity contribution >= 4 is 5.69 Å². The maximum absolute atomic E-state index is 9.80. The molecule has 0 aliphatic carbocycles. The minimum Gasteiger partial charge on any atom is -0.398 e. The van der Waals surface area contributed by atoms with Gasteiger partial charge < -0.3 is 15.6 Å². The average Bonchev–Trinajstić information content (AvgIpc) is 2.25. The highest BCUT2D eigenvalue weighted by molar-refractivity contribution is 5.47. The molecule has 0 saturated carbocycles. The van der Waals surface area contributed by atoms with Crippen molar-refractivity contribution in [3.63, 3.8) is 0 Å². The monoisotopic (exact) mass is 209 g/mol. The minimum absolute atomic E-state index is 0.314. The molecule has 1 atom stereocenters. The Morgan fingerprint density at radius 3 is 2.80 bits per heavy atom. The first-order valence-electron chi connectivity index (χ1n) is 5.36. The lowest BCUT2D eigenvalue weighted by Crippen LogP contribution is -2.10. The Balaban J connectivity index is 2.40. The number of ether oxygens (including phenoxy) is 1. The third kappa shape index (κ3) is 3.90. The van der Waals surface area contributed by atoms with Crippen molar-refractivity contribution in [2.45, 2.75) is 25.9 Å². The zero-order valence-electron chi connectivity index (χ0n) is 9.15. The summed E-state index contributed by atoms with van der Waals surface area (Å²) in [5.74, 6) is 0. The summed E-state index contributed by atoms with van der Waals surface area (Å²) in [6.45, 7) is 3.11. The van der Waals surface area contributed by atoms with Crippen LogP contribution in [0.2, 0.25) is 0 Å². The molecule has 3 heteroatoms.